The van der Waals surface area contributed by atoms with E-state index >= 15 is 0 Å². The molecular weight excluding hydrogens is 256 g/mol. The van der Waals surface area contributed by atoms with Crippen LogP contribution in [-0.2, 0) is 13.6 Å². The lowest BCUT2D eigenvalue weighted by Gasteiger charge is -2.15. The summed E-state index contributed by atoms with van der Waals surface area (Å²) in [6.45, 7) is 4.05. The molecule has 1 saturated heterocycles. The van der Waals surface area contributed by atoms with E-state index < -0.39 is 0 Å². The highest BCUT2D eigenvalue weighted by atomic mass is 79.9. The number of hydrogen-bond donors (Lipinski definition) is 1. The highest BCUT2D eigenvalue weighted by Gasteiger charge is 2.22. The molecule has 0 radical (unpaired) electrons. The Morgan fingerprint density at radius 1 is 1.67 bits per heavy atom. The fourth-order valence-corrected chi connectivity index (χ4v) is 2.55. The molecule has 0 bridgehead atoms. The third kappa shape index (κ3) is 2.41. The Bertz CT molecular complexity index is 317. The zero-order valence-corrected chi connectivity index (χ0v) is 10.6. The minimum atomic E-state index is 0.678. The number of hydrogen-bond acceptors (Lipinski definition) is 3. The van der Waals surface area contributed by atoms with Gasteiger partial charge in [-0.25, -0.2) is 0 Å². The second kappa shape index (κ2) is 4.63. The van der Waals surface area contributed by atoms with Gasteiger partial charge in [0.15, 0.2) is 0 Å². The SMILES string of the molecule is Cn1ncc(Br)c1CN1CCC(CN)C1. The van der Waals surface area contributed by atoms with Crippen LogP contribution in [0.4, 0.5) is 0 Å². The summed E-state index contributed by atoms with van der Waals surface area (Å²) >= 11 is 3.52. The molecule has 1 aromatic rings. The van der Waals surface area contributed by atoms with Crippen molar-refractivity contribution in [1.29, 1.82) is 0 Å². The van der Waals surface area contributed by atoms with E-state index in [9.17, 15) is 0 Å². The third-order valence-corrected chi connectivity index (χ3v) is 3.75. The van der Waals surface area contributed by atoms with E-state index in [4.69, 9.17) is 5.73 Å². The van der Waals surface area contributed by atoms with Crippen LogP contribution in [0.3, 0.4) is 0 Å². The molecule has 2 rings (SSSR count). The van der Waals surface area contributed by atoms with E-state index in [0.29, 0.717) is 5.92 Å². The van der Waals surface area contributed by atoms with Crippen LogP contribution in [0.25, 0.3) is 0 Å². The normalized spacial score (nSPS) is 22.5. The first-order valence-electron chi connectivity index (χ1n) is 5.29. The lowest BCUT2D eigenvalue weighted by Crippen LogP contribution is -2.24. The van der Waals surface area contributed by atoms with Crippen LogP contribution in [0, 0.1) is 5.92 Å². The number of nitrogens with zero attached hydrogens (tertiary/aromatic N) is 3. The van der Waals surface area contributed by atoms with Crippen molar-refractivity contribution in [2.24, 2.45) is 18.7 Å². The molecule has 2 heterocycles. The summed E-state index contributed by atoms with van der Waals surface area (Å²) in [6.07, 6.45) is 3.08. The van der Waals surface area contributed by atoms with Gasteiger partial charge < -0.3 is 5.73 Å². The Kier molecular flexibility index (Phi) is 3.43. The molecule has 2 N–H and O–H groups in total. The smallest absolute Gasteiger partial charge is 0.0663 e. The molecule has 1 aliphatic heterocycles. The molecule has 4 nitrogen and oxygen atoms in total. The van der Waals surface area contributed by atoms with Gasteiger partial charge in [0.25, 0.3) is 0 Å². The minimum Gasteiger partial charge on any atom is -0.330 e. The average molecular weight is 273 g/mol. The molecule has 1 fully saturated rings. The van der Waals surface area contributed by atoms with E-state index in [1.807, 2.05) is 17.9 Å². The van der Waals surface area contributed by atoms with E-state index in [0.717, 1.165) is 30.7 Å². The lowest BCUT2D eigenvalue weighted by molar-refractivity contribution is 0.308. The number of aryl methyl sites for hydroxylation is 1. The van der Waals surface area contributed by atoms with Gasteiger partial charge in [0, 0.05) is 20.1 Å². The topological polar surface area (TPSA) is 47.1 Å². The van der Waals surface area contributed by atoms with Gasteiger partial charge in [0.1, 0.15) is 0 Å². The molecule has 1 atom stereocenters. The van der Waals surface area contributed by atoms with Crippen molar-refractivity contribution in [2.45, 2.75) is 13.0 Å². The summed E-state index contributed by atoms with van der Waals surface area (Å²) < 4.78 is 3.03. The fourth-order valence-electron chi connectivity index (χ4n) is 2.07. The van der Waals surface area contributed by atoms with Crippen LogP contribution in [0.2, 0.25) is 0 Å². The molecule has 0 aliphatic carbocycles. The first kappa shape index (κ1) is 11.1. The van der Waals surface area contributed by atoms with E-state index in [-0.39, 0.29) is 0 Å². The van der Waals surface area contributed by atoms with Gasteiger partial charge >= 0.3 is 0 Å². The summed E-state index contributed by atoms with van der Waals surface area (Å²) in [5, 5.41) is 4.22. The second-order valence-corrected chi connectivity index (χ2v) is 5.04. The van der Waals surface area contributed by atoms with Gasteiger partial charge in [-0.15, -0.1) is 0 Å². The largest absolute Gasteiger partial charge is 0.330 e. The highest BCUT2D eigenvalue weighted by Crippen LogP contribution is 2.21. The molecule has 1 aliphatic rings. The van der Waals surface area contributed by atoms with Crippen molar-refractivity contribution in [1.82, 2.24) is 14.7 Å². The van der Waals surface area contributed by atoms with Gasteiger partial charge in [-0.3, -0.25) is 9.58 Å². The summed E-state index contributed by atoms with van der Waals surface area (Å²) in [5.74, 6) is 0.678. The Labute approximate surface area is 98.6 Å². The number of halogens is 1. The van der Waals surface area contributed by atoms with Gasteiger partial charge in [0.2, 0.25) is 0 Å². The molecule has 15 heavy (non-hydrogen) atoms. The molecule has 84 valence electrons. The Morgan fingerprint density at radius 3 is 3.00 bits per heavy atom. The van der Waals surface area contributed by atoms with Crippen molar-refractivity contribution < 1.29 is 0 Å². The van der Waals surface area contributed by atoms with Crippen LogP contribution in [-0.4, -0.2) is 34.3 Å². The third-order valence-electron chi connectivity index (χ3n) is 3.09. The van der Waals surface area contributed by atoms with Crippen LogP contribution >= 0.6 is 15.9 Å². The predicted molar refractivity (Wildman–Crippen MR) is 63.3 cm³/mol. The quantitative estimate of drug-likeness (QED) is 0.892. The monoisotopic (exact) mass is 272 g/mol. The zero-order valence-electron chi connectivity index (χ0n) is 8.99. The maximum atomic E-state index is 5.68. The first-order chi connectivity index (χ1) is 7.20. The van der Waals surface area contributed by atoms with Crippen LogP contribution in [0.1, 0.15) is 12.1 Å². The van der Waals surface area contributed by atoms with Crippen molar-refractivity contribution in [3.63, 3.8) is 0 Å². The molecule has 0 amide bonds. The lowest BCUT2D eigenvalue weighted by atomic mass is 10.1. The Balaban J connectivity index is 1.98. The number of likely N-dealkylation sites (tertiary alicyclic amines) is 1. The van der Waals surface area contributed by atoms with Crippen molar-refractivity contribution >= 4 is 15.9 Å². The minimum absolute atomic E-state index is 0.678. The number of rotatable bonds is 3. The van der Waals surface area contributed by atoms with Crippen molar-refractivity contribution in [2.75, 3.05) is 19.6 Å². The van der Waals surface area contributed by atoms with E-state index in [2.05, 4.69) is 25.9 Å². The van der Waals surface area contributed by atoms with Crippen LogP contribution < -0.4 is 5.73 Å². The average Bonchev–Trinajstić information content (AvgIpc) is 2.80. The standard InChI is InChI=1S/C10H17BrN4/c1-14-10(9(11)5-13-14)7-15-3-2-8(4-12)6-15/h5,8H,2-4,6-7,12H2,1H3. The molecule has 5 heteroatoms. The summed E-state index contributed by atoms with van der Waals surface area (Å²) in [7, 11) is 1.98. The fraction of sp³-hybridized carbons (Fsp3) is 0.700. The van der Waals surface area contributed by atoms with Crippen LogP contribution in [0.15, 0.2) is 10.7 Å². The van der Waals surface area contributed by atoms with Crippen LogP contribution in [0.5, 0.6) is 0 Å². The summed E-state index contributed by atoms with van der Waals surface area (Å²) in [6, 6.07) is 0. The molecule has 0 aromatic carbocycles. The molecule has 1 aromatic heterocycles. The molecule has 0 saturated carbocycles. The van der Waals surface area contributed by atoms with E-state index in [1.54, 1.807) is 0 Å². The molecule has 1 unspecified atom stereocenters. The maximum Gasteiger partial charge on any atom is 0.0663 e. The second-order valence-electron chi connectivity index (χ2n) is 4.19. The van der Waals surface area contributed by atoms with Gasteiger partial charge in [-0.05, 0) is 41.4 Å². The zero-order chi connectivity index (χ0) is 10.8. The summed E-state index contributed by atoms with van der Waals surface area (Å²) in [4.78, 5) is 2.44. The molecular formula is C10H17BrN4. The van der Waals surface area contributed by atoms with Gasteiger partial charge in [-0.2, -0.15) is 5.10 Å². The Morgan fingerprint density at radius 2 is 2.47 bits per heavy atom. The highest BCUT2D eigenvalue weighted by molar-refractivity contribution is 9.10. The first-order valence-corrected chi connectivity index (χ1v) is 6.08. The molecule has 0 spiro atoms. The maximum absolute atomic E-state index is 5.68. The Hall–Kier alpha value is -0.390. The predicted octanol–water partition coefficient (Wildman–Crippen LogP) is 0.963. The number of nitrogens with two attached hydrogens (primary N) is 1. The van der Waals surface area contributed by atoms with Gasteiger partial charge in [-0.1, -0.05) is 0 Å². The van der Waals surface area contributed by atoms with Crippen molar-refractivity contribution in [3.8, 4) is 0 Å². The van der Waals surface area contributed by atoms with E-state index in [1.165, 1.54) is 12.1 Å². The summed E-state index contributed by atoms with van der Waals surface area (Å²) in [5.41, 5.74) is 6.92. The van der Waals surface area contributed by atoms with Gasteiger partial charge in [0.05, 0.1) is 16.4 Å². The number of aromatic nitrogens is 2. The van der Waals surface area contributed by atoms with Crippen molar-refractivity contribution in [3.05, 3.63) is 16.4 Å².